The van der Waals surface area contributed by atoms with E-state index in [1.807, 2.05) is 0 Å². The van der Waals surface area contributed by atoms with Crippen LogP contribution >= 0.6 is 0 Å². The SMILES string of the molecule is c1ccc(-c2ccc3cccc(-c4c5ccccc5c(-c5ccc(-c6cccc7ccccc67)cc5)c5ccccc45)c3c2)cc1. The topological polar surface area (TPSA) is 0 Å². The summed E-state index contributed by atoms with van der Waals surface area (Å²) in [6, 6.07) is 66.5. The van der Waals surface area contributed by atoms with Crippen LogP contribution in [0.3, 0.4) is 0 Å². The predicted molar refractivity (Wildman–Crippen MR) is 198 cm³/mol. The van der Waals surface area contributed by atoms with Crippen molar-refractivity contribution in [2.45, 2.75) is 0 Å². The second-order valence-corrected chi connectivity index (χ2v) is 12.1. The predicted octanol–water partition coefficient (Wildman–Crippen LogP) is 13.0. The molecule has 0 aliphatic carbocycles. The van der Waals surface area contributed by atoms with Gasteiger partial charge in [-0.2, -0.15) is 0 Å². The molecule has 0 unspecified atom stereocenters. The fourth-order valence-electron chi connectivity index (χ4n) is 7.32. The summed E-state index contributed by atoms with van der Waals surface area (Å²) in [6.45, 7) is 0. The van der Waals surface area contributed by atoms with Gasteiger partial charge in [-0.25, -0.2) is 0 Å². The van der Waals surface area contributed by atoms with Gasteiger partial charge in [0.05, 0.1) is 0 Å². The van der Waals surface area contributed by atoms with Crippen molar-refractivity contribution in [1.82, 2.24) is 0 Å². The summed E-state index contributed by atoms with van der Waals surface area (Å²) >= 11 is 0. The summed E-state index contributed by atoms with van der Waals surface area (Å²) in [4.78, 5) is 0. The third kappa shape index (κ3) is 4.30. The van der Waals surface area contributed by atoms with Gasteiger partial charge in [0.2, 0.25) is 0 Å². The van der Waals surface area contributed by atoms with E-state index in [-0.39, 0.29) is 0 Å². The van der Waals surface area contributed by atoms with E-state index in [1.54, 1.807) is 0 Å². The van der Waals surface area contributed by atoms with Crippen LogP contribution in [0.25, 0.3) is 87.6 Å². The molecule has 0 saturated heterocycles. The third-order valence-electron chi connectivity index (χ3n) is 9.46. The number of fused-ring (bicyclic) bond motifs is 4. The van der Waals surface area contributed by atoms with Crippen molar-refractivity contribution in [3.8, 4) is 44.5 Å². The van der Waals surface area contributed by atoms with E-state index in [0.29, 0.717) is 0 Å². The molecule has 0 amide bonds. The minimum Gasteiger partial charge on any atom is -0.0622 e. The van der Waals surface area contributed by atoms with Crippen LogP contribution in [0.1, 0.15) is 0 Å². The van der Waals surface area contributed by atoms with Crippen molar-refractivity contribution in [3.05, 3.63) is 182 Å². The molecule has 0 atom stereocenters. The van der Waals surface area contributed by atoms with Crippen LogP contribution in [0.4, 0.5) is 0 Å². The first kappa shape index (κ1) is 26.4. The lowest BCUT2D eigenvalue weighted by Crippen LogP contribution is -1.92. The molecule has 0 aromatic heterocycles. The normalized spacial score (nSPS) is 11.5. The first-order valence-electron chi connectivity index (χ1n) is 15.9. The standard InChI is InChI=1S/C46H30/c1-2-12-31(13-3-1)36-29-26-33-16-11-23-43(44(33)30-36)46-41-20-8-6-18-39(41)45(40-19-7-9-21-42(40)46)35-27-24-34(25-28-35)38-22-10-15-32-14-4-5-17-37(32)38/h1-30H. The van der Waals surface area contributed by atoms with E-state index < -0.39 is 0 Å². The van der Waals surface area contributed by atoms with Crippen LogP contribution in [-0.2, 0) is 0 Å². The Hall–Kier alpha value is -5.98. The summed E-state index contributed by atoms with van der Waals surface area (Å²) in [7, 11) is 0. The van der Waals surface area contributed by atoms with E-state index >= 15 is 0 Å². The van der Waals surface area contributed by atoms with Crippen molar-refractivity contribution in [3.63, 3.8) is 0 Å². The molecule has 0 fully saturated rings. The maximum absolute atomic E-state index is 2.36. The van der Waals surface area contributed by atoms with Gasteiger partial charge in [-0.3, -0.25) is 0 Å². The van der Waals surface area contributed by atoms with Gasteiger partial charge in [0.1, 0.15) is 0 Å². The zero-order valence-electron chi connectivity index (χ0n) is 25.3. The second-order valence-electron chi connectivity index (χ2n) is 12.1. The Balaban J connectivity index is 1.28. The monoisotopic (exact) mass is 582 g/mol. The average molecular weight is 583 g/mol. The Morgan fingerprint density at radius 3 is 1.37 bits per heavy atom. The Morgan fingerprint density at radius 2 is 0.696 bits per heavy atom. The molecule has 0 N–H and O–H groups in total. The van der Waals surface area contributed by atoms with Gasteiger partial charge in [-0.1, -0.05) is 176 Å². The fraction of sp³-hybridized carbons (Fsp3) is 0. The number of rotatable bonds is 4. The van der Waals surface area contributed by atoms with Gasteiger partial charge >= 0.3 is 0 Å². The largest absolute Gasteiger partial charge is 0.0622 e. The van der Waals surface area contributed by atoms with Crippen molar-refractivity contribution >= 4 is 43.1 Å². The molecule has 9 rings (SSSR count). The lowest BCUT2D eigenvalue weighted by molar-refractivity contribution is 1.63. The summed E-state index contributed by atoms with van der Waals surface area (Å²) in [5.74, 6) is 0. The maximum Gasteiger partial charge on any atom is -0.00201 e. The first-order valence-corrected chi connectivity index (χ1v) is 15.9. The van der Waals surface area contributed by atoms with Gasteiger partial charge in [-0.05, 0) is 93.7 Å². The molecular weight excluding hydrogens is 553 g/mol. The second kappa shape index (κ2) is 10.9. The molecule has 0 bridgehead atoms. The minimum atomic E-state index is 1.23. The van der Waals surface area contributed by atoms with Crippen molar-refractivity contribution in [2.75, 3.05) is 0 Å². The van der Waals surface area contributed by atoms with E-state index in [4.69, 9.17) is 0 Å². The molecule has 214 valence electrons. The molecule has 0 radical (unpaired) electrons. The number of hydrogen-bond donors (Lipinski definition) is 0. The molecule has 0 aliphatic rings. The molecule has 0 heteroatoms. The lowest BCUT2D eigenvalue weighted by atomic mass is 9.84. The highest BCUT2D eigenvalue weighted by Crippen LogP contribution is 2.46. The van der Waals surface area contributed by atoms with Crippen molar-refractivity contribution in [2.24, 2.45) is 0 Å². The Labute approximate surface area is 268 Å². The molecule has 9 aromatic rings. The number of hydrogen-bond acceptors (Lipinski definition) is 0. The van der Waals surface area contributed by atoms with Gasteiger partial charge in [-0.15, -0.1) is 0 Å². The maximum atomic E-state index is 2.36. The smallest absolute Gasteiger partial charge is 0.00201 e. The molecule has 9 aromatic carbocycles. The molecular formula is C46H30. The Kier molecular flexibility index (Phi) is 6.25. The van der Waals surface area contributed by atoms with Crippen LogP contribution < -0.4 is 0 Å². The van der Waals surface area contributed by atoms with Crippen molar-refractivity contribution in [1.29, 1.82) is 0 Å². The van der Waals surface area contributed by atoms with Crippen LogP contribution in [0.15, 0.2) is 182 Å². The van der Waals surface area contributed by atoms with Crippen LogP contribution in [0.2, 0.25) is 0 Å². The van der Waals surface area contributed by atoms with Gasteiger partial charge in [0, 0.05) is 0 Å². The summed E-state index contributed by atoms with van der Waals surface area (Å²) in [6.07, 6.45) is 0. The molecule has 0 aliphatic heterocycles. The quantitative estimate of drug-likeness (QED) is 0.181. The van der Waals surface area contributed by atoms with E-state index in [0.717, 1.165) is 0 Å². The molecule has 0 heterocycles. The zero-order valence-corrected chi connectivity index (χ0v) is 25.3. The van der Waals surface area contributed by atoms with Gasteiger partial charge in [0.15, 0.2) is 0 Å². The highest BCUT2D eigenvalue weighted by atomic mass is 14.2. The fourth-order valence-corrected chi connectivity index (χ4v) is 7.32. The highest BCUT2D eigenvalue weighted by molar-refractivity contribution is 6.23. The molecule has 46 heavy (non-hydrogen) atoms. The highest BCUT2D eigenvalue weighted by Gasteiger charge is 2.18. The zero-order chi connectivity index (χ0) is 30.5. The third-order valence-corrected chi connectivity index (χ3v) is 9.46. The number of benzene rings is 9. The summed E-state index contributed by atoms with van der Waals surface area (Å²) in [5, 5.41) is 10.1. The van der Waals surface area contributed by atoms with Crippen molar-refractivity contribution < 1.29 is 0 Å². The van der Waals surface area contributed by atoms with Crippen LogP contribution in [0, 0.1) is 0 Å². The molecule has 0 spiro atoms. The van der Waals surface area contributed by atoms with Crippen LogP contribution in [-0.4, -0.2) is 0 Å². The lowest BCUT2D eigenvalue weighted by Gasteiger charge is -2.19. The van der Waals surface area contributed by atoms with Gasteiger partial charge < -0.3 is 0 Å². The van der Waals surface area contributed by atoms with E-state index in [2.05, 4.69) is 182 Å². The molecule has 0 nitrogen and oxygen atoms in total. The minimum absolute atomic E-state index is 1.23. The first-order chi connectivity index (χ1) is 22.8. The summed E-state index contributed by atoms with van der Waals surface area (Å²) < 4.78 is 0. The Bertz CT molecular complexity index is 2490. The van der Waals surface area contributed by atoms with E-state index in [1.165, 1.54) is 87.6 Å². The molecule has 0 saturated carbocycles. The summed E-state index contributed by atoms with van der Waals surface area (Å²) in [5.41, 5.74) is 10.0. The Morgan fingerprint density at radius 1 is 0.217 bits per heavy atom. The van der Waals surface area contributed by atoms with Crippen LogP contribution in [0.5, 0.6) is 0 Å². The van der Waals surface area contributed by atoms with Gasteiger partial charge in [0.25, 0.3) is 0 Å². The average Bonchev–Trinajstić information content (AvgIpc) is 3.14. The van der Waals surface area contributed by atoms with E-state index in [9.17, 15) is 0 Å².